The van der Waals surface area contributed by atoms with E-state index >= 15 is 0 Å². The second-order valence-electron chi connectivity index (χ2n) is 6.47. The molecule has 0 saturated heterocycles. The first-order valence-corrected chi connectivity index (χ1v) is 9.61. The van der Waals surface area contributed by atoms with Crippen LogP contribution in [0.1, 0.15) is 27.6 Å². The Bertz CT molecular complexity index is 1180. The van der Waals surface area contributed by atoms with Gasteiger partial charge in [-0.15, -0.1) is 17.8 Å². The third kappa shape index (κ3) is 4.32. The van der Waals surface area contributed by atoms with Gasteiger partial charge in [-0.1, -0.05) is 42.3 Å². The highest BCUT2D eigenvalue weighted by molar-refractivity contribution is 7.18. The Kier molecular flexibility index (Phi) is 6.03. The van der Waals surface area contributed by atoms with Gasteiger partial charge in [0.15, 0.2) is 0 Å². The molecule has 0 aliphatic rings. The van der Waals surface area contributed by atoms with Crippen LogP contribution < -0.4 is 6.15 Å². The second-order valence-corrected chi connectivity index (χ2v) is 7.54. The number of fused-ring (bicyclic) bond motifs is 1. The average Bonchev–Trinajstić information content (AvgIpc) is 3.16. The minimum Gasteiger partial charge on any atom is -0.344 e. The van der Waals surface area contributed by atoms with E-state index in [0.717, 1.165) is 31.9 Å². The summed E-state index contributed by atoms with van der Waals surface area (Å²) >= 11 is 1.62. The van der Waals surface area contributed by atoms with Gasteiger partial charge in [-0.3, -0.25) is 10.1 Å². The molecule has 0 bridgehead atoms. The van der Waals surface area contributed by atoms with Crippen molar-refractivity contribution in [3.63, 3.8) is 0 Å². The number of hydrogen-bond donors (Lipinski definition) is 1. The zero-order valence-corrected chi connectivity index (χ0v) is 16.4. The monoisotopic (exact) mass is 401 g/mol. The Labute approximate surface area is 172 Å². The fraction of sp³-hybridized carbons (Fsp3) is 0.0870. The highest BCUT2D eigenvalue weighted by Crippen LogP contribution is 2.35. The number of thiazole rings is 1. The Balaban J connectivity index is 0.00000240. The lowest BCUT2D eigenvalue weighted by Gasteiger charge is -2.15. The zero-order chi connectivity index (χ0) is 19.5. The van der Waals surface area contributed by atoms with Gasteiger partial charge in [-0.2, -0.15) is 0 Å². The predicted octanol–water partition coefficient (Wildman–Crippen LogP) is 5.72. The first-order chi connectivity index (χ1) is 13.6. The number of rotatable bonds is 5. The van der Waals surface area contributed by atoms with Crippen molar-refractivity contribution < 1.29 is 4.92 Å². The van der Waals surface area contributed by atoms with Crippen LogP contribution in [0.25, 0.3) is 10.2 Å². The molecule has 0 saturated carbocycles. The maximum Gasteiger partial charge on any atom is 0.269 e. The summed E-state index contributed by atoms with van der Waals surface area (Å²) in [6.45, 7) is 0. The van der Waals surface area contributed by atoms with E-state index in [1.54, 1.807) is 23.5 Å². The quantitative estimate of drug-likeness (QED) is 0.263. The largest absolute Gasteiger partial charge is 0.344 e. The van der Waals surface area contributed by atoms with Crippen LogP contribution in [0.3, 0.4) is 0 Å². The molecule has 1 atom stereocenters. The van der Waals surface area contributed by atoms with Crippen molar-refractivity contribution in [2.75, 3.05) is 0 Å². The van der Waals surface area contributed by atoms with Crippen LogP contribution in [0.4, 0.5) is 5.69 Å². The molecule has 3 N–H and O–H groups in total. The minimum absolute atomic E-state index is 0. The zero-order valence-electron chi connectivity index (χ0n) is 15.6. The van der Waals surface area contributed by atoms with Gasteiger partial charge in [0.1, 0.15) is 5.01 Å². The summed E-state index contributed by atoms with van der Waals surface area (Å²) in [6.07, 6.45) is 6.20. The topological polar surface area (TPSA) is 91.0 Å². The number of aromatic nitrogens is 1. The molecule has 0 aliphatic heterocycles. The van der Waals surface area contributed by atoms with Crippen molar-refractivity contribution in [1.29, 1.82) is 0 Å². The Morgan fingerprint density at radius 1 is 1.07 bits per heavy atom. The minimum atomic E-state index is -0.363. The molecule has 1 aromatic heterocycles. The maximum absolute atomic E-state index is 11.3. The number of hydrogen-bond acceptors (Lipinski definition) is 5. The molecule has 0 amide bonds. The highest BCUT2D eigenvalue weighted by Gasteiger charge is 2.21. The fourth-order valence-electron chi connectivity index (χ4n) is 3.27. The molecule has 1 unspecified atom stereocenters. The molecule has 0 radical (unpaired) electrons. The van der Waals surface area contributed by atoms with Crippen molar-refractivity contribution in [1.82, 2.24) is 11.1 Å². The number of non-ortho nitro benzene ring substituents is 1. The van der Waals surface area contributed by atoms with Gasteiger partial charge in [0.05, 0.1) is 15.1 Å². The van der Waals surface area contributed by atoms with Crippen LogP contribution >= 0.6 is 11.3 Å². The first kappa shape index (κ1) is 20.2. The molecule has 4 aromatic rings. The van der Waals surface area contributed by atoms with Crippen LogP contribution in [-0.4, -0.2) is 9.91 Å². The van der Waals surface area contributed by atoms with Gasteiger partial charge in [-0.05, 0) is 41.8 Å². The van der Waals surface area contributed by atoms with E-state index in [4.69, 9.17) is 11.4 Å². The smallest absolute Gasteiger partial charge is 0.269 e. The van der Waals surface area contributed by atoms with Gasteiger partial charge < -0.3 is 6.15 Å². The van der Waals surface area contributed by atoms with E-state index in [2.05, 4.69) is 5.92 Å². The van der Waals surface area contributed by atoms with Crippen molar-refractivity contribution in [2.24, 2.45) is 0 Å². The summed E-state index contributed by atoms with van der Waals surface area (Å²) in [5, 5.41) is 12.2. The number of nitrogens with zero attached hydrogens (tertiary/aromatic N) is 2. The molecular formula is C23H19N3O2S. The van der Waals surface area contributed by atoms with Crippen molar-refractivity contribution in [2.45, 2.75) is 12.3 Å². The number of nitro benzene ring substituents is 1. The van der Waals surface area contributed by atoms with Gasteiger partial charge in [0, 0.05) is 23.6 Å². The summed E-state index contributed by atoms with van der Waals surface area (Å²) in [6, 6.07) is 22.6. The van der Waals surface area contributed by atoms with Crippen molar-refractivity contribution in [3.8, 4) is 12.3 Å². The van der Waals surface area contributed by atoms with Crippen LogP contribution in [0.5, 0.6) is 0 Å². The fourth-order valence-corrected chi connectivity index (χ4v) is 4.36. The number of para-hydroxylation sites is 1. The molecule has 29 heavy (non-hydrogen) atoms. The normalized spacial score (nSPS) is 11.4. The van der Waals surface area contributed by atoms with Gasteiger partial charge in [-0.25, -0.2) is 4.98 Å². The van der Waals surface area contributed by atoms with Crippen LogP contribution in [0.2, 0.25) is 0 Å². The summed E-state index contributed by atoms with van der Waals surface area (Å²) in [5.74, 6) is 2.57. The first-order valence-electron chi connectivity index (χ1n) is 8.79. The van der Waals surface area contributed by atoms with E-state index < -0.39 is 0 Å². The lowest BCUT2D eigenvalue weighted by molar-refractivity contribution is -0.384. The molecule has 6 heteroatoms. The van der Waals surface area contributed by atoms with Crippen molar-refractivity contribution in [3.05, 3.63) is 105 Å². The lowest BCUT2D eigenvalue weighted by atomic mass is 9.91. The van der Waals surface area contributed by atoms with Gasteiger partial charge >= 0.3 is 0 Å². The molecule has 1 heterocycles. The number of nitro groups is 1. The Morgan fingerprint density at radius 3 is 2.62 bits per heavy atom. The van der Waals surface area contributed by atoms with E-state index in [-0.39, 0.29) is 22.7 Å². The van der Waals surface area contributed by atoms with Crippen molar-refractivity contribution >= 4 is 27.2 Å². The SMILES string of the molecule is C#Cc1cccc(CC(c2cccc([N+](=O)[O-])c2)c2nc3ccccc3s2)c1.N. The molecule has 3 aromatic carbocycles. The summed E-state index contributed by atoms with van der Waals surface area (Å²) in [4.78, 5) is 15.7. The Hall–Kier alpha value is -3.53. The van der Waals surface area contributed by atoms with E-state index in [0.29, 0.717) is 6.42 Å². The summed E-state index contributed by atoms with van der Waals surface area (Å²) in [5.41, 5.74) is 3.79. The number of benzene rings is 3. The van der Waals surface area contributed by atoms with E-state index in [9.17, 15) is 10.1 Å². The molecule has 4 rings (SSSR count). The summed E-state index contributed by atoms with van der Waals surface area (Å²) in [7, 11) is 0. The van der Waals surface area contributed by atoms with Crippen LogP contribution in [0, 0.1) is 22.5 Å². The standard InChI is InChI=1S/C23H16N2O2S.H3N/c1-2-16-7-5-8-17(13-16)14-20(18-9-6-10-19(15-18)25(26)27)23-24-21-11-3-4-12-22(21)28-23;/h1,3-13,15,20H,14H2;1H3. The van der Waals surface area contributed by atoms with E-state index in [1.807, 2.05) is 54.6 Å². The second kappa shape index (κ2) is 8.65. The number of terminal acetylenes is 1. The Morgan fingerprint density at radius 2 is 1.86 bits per heavy atom. The average molecular weight is 401 g/mol. The van der Waals surface area contributed by atoms with Crippen LogP contribution in [-0.2, 0) is 6.42 Å². The molecule has 0 spiro atoms. The molecular weight excluding hydrogens is 382 g/mol. The van der Waals surface area contributed by atoms with E-state index in [1.165, 1.54) is 6.07 Å². The maximum atomic E-state index is 11.3. The lowest BCUT2D eigenvalue weighted by Crippen LogP contribution is -2.06. The molecule has 0 fully saturated rings. The molecule has 0 aliphatic carbocycles. The van der Waals surface area contributed by atoms with Gasteiger partial charge in [0.25, 0.3) is 5.69 Å². The predicted molar refractivity (Wildman–Crippen MR) is 118 cm³/mol. The third-order valence-corrected chi connectivity index (χ3v) is 5.78. The summed E-state index contributed by atoms with van der Waals surface area (Å²) < 4.78 is 1.10. The molecule has 5 nitrogen and oxygen atoms in total. The molecule has 144 valence electrons. The third-order valence-electron chi connectivity index (χ3n) is 4.63. The van der Waals surface area contributed by atoms with Crippen LogP contribution in [0.15, 0.2) is 72.8 Å². The highest BCUT2D eigenvalue weighted by atomic mass is 32.1. The van der Waals surface area contributed by atoms with Gasteiger partial charge in [0.2, 0.25) is 0 Å².